The van der Waals surface area contributed by atoms with Gasteiger partial charge in [0.05, 0.1) is 13.2 Å². The Bertz CT molecular complexity index is 1490. The van der Waals surface area contributed by atoms with E-state index in [9.17, 15) is 25.2 Å². The Kier molecular flexibility index (Phi) is 9.97. The number of benzene rings is 4. The topological polar surface area (TPSA) is 107 Å². The molecule has 0 aliphatic rings. The van der Waals surface area contributed by atoms with Gasteiger partial charge in [0, 0.05) is 17.5 Å². The van der Waals surface area contributed by atoms with Gasteiger partial charge in [-0.3, -0.25) is 4.79 Å². The SMILES string of the molecule is COc1cc(O)c([C@@H](/C=C/c2ccc(O)cc2)C[C@H](O)CCc2ccccc2)c(O)c1C(=O)/C=C/c1ccccc1. The van der Waals surface area contributed by atoms with E-state index in [-0.39, 0.29) is 34.8 Å². The van der Waals surface area contributed by atoms with E-state index in [1.54, 1.807) is 42.5 Å². The van der Waals surface area contributed by atoms with Crippen molar-refractivity contribution in [3.63, 3.8) is 0 Å². The summed E-state index contributed by atoms with van der Waals surface area (Å²) in [4.78, 5) is 13.3. The lowest BCUT2D eigenvalue weighted by atomic mass is 9.87. The number of aromatic hydroxyl groups is 3. The number of ether oxygens (including phenoxy) is 1. The fourth-order valence-corrected chi connectivity index (χ4v) is 4.73. The van der Waals surface area contributed by atoms with Gasteiger partial charge in [-0.1, -0.05) is 91.0 Å². The Morgan fingerprint density at radius 2 is 1.49 bits per heavy atom. The summed E-state index contributed by atoms with van der Waals surface area (Å²) in [5.41, 5.74) is 2.73. The fraction of sp³-hybridized carbons (Fsp3) is 0.171. The van der Waals surface area contributed by atoms with Crippen LogP contribution in [0.15, 0.2) is 103 Å². The summed E-state index contributed by atoms with van der Waals surface area (Å²) in [6.45, 7) is 0. The van der Waals surface area contributed by atoms with Crippen molar-refractivity contribution in [2.45, 2.75) is 31.3 Å². The van der Waals surface area contributed by atoms with Crippen LogP contribution in [0.25, 0.3) is 12.2 Å². The zero-order valence-corrected chi connectivity index (χ0v) is 22.9. The highest BCUT2D eigenvalue weighted by atomic mass is 16.5. The second-order valence-corrected chi connectivity index (χ2v) is 9.81. The molecule has 0 aliphatic heterocycles. The number of ketones is 1. The number of carbonyl (C=O) groups is 1. The number of methoxy groups -OCH3 is 1. The molecular formula is C35H34O6. The smallest absolute Gasteiger partial charge is 0.193 e. The molecule has 4 N–H and O–H groups in total. The first-order valence-corrected chi connectivity index (χ1v) is 13.4. The predicted octanol–water partition coefficient (Wildman–Crippen LogP) is 6.89. The van der Waals surface area contributed by atoms with Crippen LogP contribution in [0.1, 0.15) is 51.4 Å². The molecule has 0 bridgehead atoms. The number of hydrogen-bond acceptors (Lipinski definition) is 6. The van der Waals surface area contributed by atoms with E-state index in [0.29, 0.717) is 12.8 Å². The second kappa shape index (κ2) is 14.0. The first kappa shape index (κ1) is 29.2. The maximum Gasteiger partial charge on any atom is 0.193 e. The third kappa shape index (κ3) is 7.87. The molecule has 210 valence electrons. The lowest BCUT2D eigenvalue weighted by Crippen LogP contribution is -2.14. The number of aliphatic hydroxyl groups excluding tert-OH is 1. The van der Waals surface area contributed by atoms with E-state index < -0.39 is 23.6 Å². The van der Waals surface area contributed by atoms with Gasteiger partial charge in [-0.05, 0) is 54.2 Å². The van der Waals surface area contributed by atoms with Crippen molar-refractivity contribution in [3.8, 4) is 23.0 Å². The number of allylic oxidation sites excluding steroid dienone is 2. The lowest BCUT2D eigenvalue weighted by Gasteiger charge is -2.22. The molecule has 0 fully saturated rings. The molecule has 6 heteroatoms. The van der Waals surface area contributed by atoms with Crippen LogP contribution in [0, 0.1) is 0 Å². The minimum atomic E-state index is -0.761. The van der Waals surface area contributed by atoms with Gasteiger partial charge in [0.15, 0.2) is 5.78 Å². The van der Waals surface area contributed by atoms with Gasteiger partial charge in [0.2, 0.25) is 0 Å². The number of aliphatic hydroxyl groups is 1. The van der Waals surface area contributed by atoms with Crippen molar-refractivity contribution in [2.75, 3.05) is 7.11 Å². The normalized spacial score (nSPS) is 12.9. The quantitative estimate of drug-likeness (QED) is 0.113. The number of phenols is 3. The van der Waals surface area contributed by atoms with Gasteiger partial charge in [-0.15, -0.1) is 0 Å². The van der Waals surface area contributed by atoms with Crippen LogP contribution in [-0.2, 0) is 6.42 Å². The minimum absolute atomic E-state index is 0.0392. The first-order chi connectivity index (χ1) is 19.9. The average Bonchev–Trinajstić information content (AvgIpc) is 2.99. The van der Waals surface area contributed by atoms with Gasteiger partial charge < -0.3 is 25.2 Å². The Hall–Kier alpha value is -4.81. The zero-order chi connectivity index (χ0) is 29.2. The van der Waals surface area contributed by atoms with Crippen LogP contribution in [0.4, 0.5) is 0 Å². The molecule has 6 nitrogen and oxygen atoms in total. The number of hydrogen-bond donors (Lipinski definition) is 4. The summed E-state index contributed by atoms with van der Waals surface area (Å²) < 4.78 is 5.36. The lowest BCUT2D eigenvalue weighted by molar-refractivity contribution is 0.104. The van der Waals surface area contributed by atoms with E-state index in [2.05, 4.69) is 0 Å². The van der Waals surface area contributed by atoms with Gasteiger partial charge in [0.1, 0.15) is 28.6 Å². The fourth-order valence-electron chi connectivity index (χ4n) is 4.73. The van der Waals surface area contributed by atoms with Crippen molar-refractivity contribution in [1.82, 2.24) is 0 Å². The Morgan fingerprint density at radius 3 is 2.15 bits per heavy atom. The molecule has 0 unspecified atom stereocenters. The third-order valence-electron chi connectivity index (χ3n) is 6.90. The molecule has 41 heavy (non-hydrogen) atoms. The minimum Gasteiger partial charge on any atom is -0.508 e. The summed E-state index contributed by atoms with van der Waals surface area (Å²) in [7, 11) is 1.36. The van der Waals surface area contributed by atoms with Crippen LogP contribution in [0.3, 0.4) is 0 Å². The highest BCUT2D eigenvalue weighted by molar-refractivity contribution is 6.11. The van der Waals surface area contributed by atoms with Crippen molar-refractivity contribution < 1.29 is 30.0 Å². The summed E-state index contributed by atoms with van der Waals surface area (Å²) in [6, 6.07) is 27.0. The maximum atomic E-state index is 13.3. The third-order valence-corrected chi connectivity index (χ3v) is 6.90. The molecule has 0 radical (unpaired) electrons. The van der Waals surface area contributed by atoms with Crippen LogP contribution < -0.4 is 4.74 Å². The molecule has 0 spiro atoms. The zero-order valence-electron chi connectivity index (χ0n) is 22.9. The molecule has 2 atom stereocenters. The Balaban J connectivity index is 1.69. The van der Waals surface area contributed by atoms with Gasteiger partial charge >= 0.3 is 0 Å². The maximum absolute atomic E-state index is 13.3. The average molecular weight is 551 g/mol. The predicted molar refractivity (Wildman–Crippen MR) is 161 cm³/mol. The standard InChI is InChI=1S/C35H34O6/c1-41-32-23-31(39)33(35(40)34(32)30(38)21-16-25-10-6-3-7-11-25)27(17-12-26-13-18-28(36)19-14-26)22-29(37)20-15-24-8-4-2-5-9-24/h2-14,16-19,21,23,27,29,36-37,39-40H,15,20,22H2,1H3/b17-12+,21-16+/t27-,29+/m0/s1. The van der Waals surface area contributed by atoms with Crippen molar-refractivity contribution in [2.24, 2.45) is 0 Å². The largest absolute Gasteiger partial charge is 0.508 e. The second-order valence-electron chi connectivity index (χ2n) is 9.81. The van der Waals surface area contributed by atoms with E-state index in [4.69, 9.17) is 4.74 Å². The number of phenolic OH excluding ortho intramolecular Hbond substituents is 3. The van der Waals surface area contributed by atoms with Gasteiger partial charge in [-0.25, -0.2) is 0 Å². The van der Waals surface area contributed by atoms with Gasteiger partial charge in [0.25, 0.3) is 0 Å². The molecule has 4 aromatic rings. The van der Waals surface area contributed by atoms with Crippen molar-refractivity contribution in [3.05, 3.63) is 131 Å². The highest BCUT2D eigenvalue weighted by Crippen LogP contribution is 2.44. The molecule has 0 aromatic heterocycles. The first-order valence-electron chi connectivity index (χ1n) is 13.4. The van der Waals surface area contributed by atoms with E-state index in [1.165, 1.54) is 19.3 Å². The molecular weight excluding hydrogens is 516 g/mol. The Labute approximate surface area is 240 Å². The molecule has 0 amide bonds. The molecule has 4 rings (SSSR count). The molecule has 0 aliphatic carbocycles. The summed E-state index contributed by atoms with van der Waals surface area (Å²) in [6.07, 6.45) is 7.10. The van der Waals surface area contributed by atoms with Crippen molar-refractivity contribution >= 4 is 17.9 Å². The molecule has 0 saturated carbocycles. The molecule has 0 saturated heterocycles. The van der Waals surface area contributed by atoms with Crippen LogP contribution in [0.5, 0.6) is 23.0 Å². The Morgan fingerprint density at radius 1 is 0.854 bits per heavy atom. The molecule has 0 heterocycles. The summed E-state index contributed by atoms with van der Waals surface area (Å²) in [5, 5.41) is 43.1. The molecule has 4 aromatic carbocycles. The summed E-state index contributed by atoms with van der Waals surface area (Å²) >= 11 is 0. The van der Waals surface area contributed by atoms with Crippen LogP contribution in [-0.4, -0.2) is 39.4 Å². The summed E-state index contributed by atoms with van der Waals surface area (Å²) in [5.74, 6) is -1.62. The number of carbonyl (C=O) groups excluding carboxylic acids is 1. The van der Waals surface area contributed by atoms with E-state index >= 15 is 0 Å². The monoisotopic (exact) mass is 550 g/mol. The number of rotatable bonds is 12. The van der Waals surface area contributed by atoms with Crippen LogP contribution in [0.2, 0.25) is 0 Å². The van der Waals surface area contributed by atoms with E-state index in [1.807, 2.05) is 60.7 Å². The number of aryl methyl sites for hydroxylation is 1. The highest BCUT2D eigenvalue weighted by Gasteiger charge is 2.27. The van der Waals surface area contributed by atoms with Crippen molar-refractivity contribution in [1.29, 1.82) is 0 Å². The van der Waals surface area contributed by atoms with Crippen LogP contribution >= 0.6 is 0 Å². The van der Waals surface area contributed by atoms with Gasteiger partial charge in [-0.2, -0.15) is 0 Å². The van der Waals surface area contributed by atoms with E-state index in [0.717, 1.165) is 16.7 Å².